The van der Waals surface area contributed by atoms with E-state index >= 15 is 0 Å². The highest BCUT2D eigenvalue weighted by atomic mass is 19.1. The molecule has 0 spiro atoms. The van der Waals surface area contributed by atoms with Crippen molar-refractivity contribution in [3.05, 3.63) is 33.0 Å². The maximum absolute atomic E-state index is 14.3. The summed E-state index contributed by atoms with van der Waals surface area (Å²) in [6.07, 6.45) is -3.62. The highest BCUT2D eigenvalue weighted by Crippen LogP contribution is 2.37. The van der Waals surface area contributed by atoms with Crippen molar-refractivity contribution in [2.75, 3.05) is 13.7 Å². The van der Waals surface area contributed by atoms with Gasteiger partial charge in [-0.05, 0) is 13.8 Å². The average Bonchev–Trinajstić information content (AvgIpc) is 2.72. The van der Waals surface area contributed by atoms with Crippen molar-refractivity contribution in [1.29, 1.82) is 0 Å². The van der Waals surface area contributed by atoms with Gasteiger partial charge in [0.15, 0.2) is 0 Å². The third-order valence-electron chi connectivity index (χ3n) is 3.69. The van der Waals surface area contributed by atoms with Crippen LogP contribution in [0.5, 0.6) is 0 Å². The van der Waals surface area contributed by atoms with E-state index in [2.05, 4.69) is 4.98 Å². The van der Waals surface area contributed by atoms with Crippen LogP contribution in [-0.2, 0) is 9.47 Å². The van der Waals surface area contributed by atoms with E-state index in [9.17, 15) is 14.3 Å². The normalized spacial score (nSPS) is 29.9. The molecule has 2 rings (SSSR count). The lowest BCUT2D eigenvalue weighted by Gasteiger charge is -2.21. The summed E-state index contributed by atoms with van der Waals surface area (Å²) < 4.78 is 25.0. The van der Waals surface area contributed by atoms with E-state index in [4.69, 9.17) is 14.6 Å². The van der Waals surface area contributed by atoms with Gasteiger partial charge in [-0.15, -0.1) is 0 Å². The Morgan fingerprint density at radius 3 is 2.65 bits per heavy atom. The molecule has 7 heteroatoms. The Morgan fingerprint density at radius 2 is 2.10 bits per heavy atom. The number of hydrogen-bond donors (Lipinski definition) is 3. The van der Waals surface area contributed by atoms with Crippen molar-refractivity contribution in [2.45, 2.75) is 38.3 Å². The number of hydrogen-bond acceptors (Lipinski definition) is 5. The highest BCUT2D eigenvalue weighted by Gasteiger charge is 2.46. The molecule has 0 saturated carbocycles. The molecule has 4 unspecified atom stereocenters. The number of rotatable bonds is 3. The van der Waals surface area contributed by atoms with Crippen LogP contribution >= 0.6 is 0 Å². The Hall–Kier alpha value is -1.28. The van der Waals surface area contributed by atoms with Crippen LogP contribution < -0.4 is 5.56 Å². The van der Waals surface area contributed by atoms with Gasteiger partial charge in [0.2, 0.25) is 0 Å². The molecule has 0 aliphatic carbocycles. The van der Waals surface area contributed by atoms with Crippen molar-refractivity contribution in [2.24, 2.45) is 0 Å². The molecule has 1 aromatic rings. The average molecular weight is 287 g/mol. The molecule has 3 N–H and O–H groups in total. The van der Waals surface area contributed by atoms with Crippen molar-refractivity contribution in [3.63, 3.8) is 0 Å². The lowest BCUT2D eigenvalue weighted by atomic mass is 9.98. The number of pyridine rings is 1. The number of H-pyrrole nitrogens is 1. The molecule has 0 radical (unpaired) electrons. The molecule has 1 aliphatic heterocycles. The second kappa shape index (κ2) is 5.61. The lowest BCUT2D eigenvalue weighted by molar-refractivity contribution is -0.0250. The largest absolute Gasteiger partial charge is 0.394 e. The molecule has 112 valence electrons. The van der Waals surface area contributed by atoms with Gasteiger partial charge in [0.1, 0.15) is 30.2 Å². The van der Waals surface area contributed by atoms with Gasteiger partial charge in [0.25, 0.3) is 5.56 Å². The first-order valence-corrected chi connectivity index (χ1v) is 6.28. The van der Waals surface area contributed by atoms with Crippen LogP contribution in [0.15, 0.2) is 4.79 Å². The first-order chi connectivity index (χ1) is 9.42. The summed E-state index contributed by atoms with van der Waals surface area (Å²) in [5, 5.41) is 19.1. The second-order valence-electron chi connectivity index (χ2n) is 4.90. The standard InChI is InChI=1S/C13H18FNO5/c1-5-9(14)8(6(2)15-13(5)18)11-12(19-3)10(17)7(4-16)20-11/h7,10-12,16-17H,4H2,1-3H3,(H,15,18). The van der Waals surface area contributed by atoms with Gasteiger partial charge in [-0.2, -0.15) is 0 Å². The van der Waals surface area contributed by atoms with Gasteiger partial charge in [-0.1, -0.05) is 0 Å². The van der Waals surface area contributed by atoms with Crippen molar-refractivity contribution in [3.8, 4) is 0 Å². The Kier molecular flexibility index (Phi) is 4.24. The molecule has 4 atom stereocenters. The lowest BCUT2D eigenvalue weighted by Crippen LogP contribution is -2.34. The SMILES string of the molecule is COC1C(c2c(C)[nH]c(=O)c(C)c2F)OC(CO)C1O. The predicted molar refractivity (Wildman–Crippen MR) is 68.0 cm³/mol. The number of halogens is 1. The Labute approximate surface area is 115 Å². The smallest absolute Gasteiger partial charge is 0.254 e. The van der Waals surface area contributed by atoms with E-state index in [1.54, 1.807) is 6.92 Å². The molecule has 0 aromatic carbocycles. The number of aliphatic hydroxyl groups excluding tert-OH is 2. The van der Waals surface area contributed by atoms with Gasteiger partial charge >= 0.3 is 0 Å². The Bertz CT molecular complexity index is 558. The van der Waals surface area contributed by atoms with Crippen LogP contribution in [0.1, 0.15) is 22.9 Å². The molecule has 6 nitrogen and oxygen atoms in total. The molecule has 0 amide bonds. The number of aliphatic hydroxyl groups is 2. The maximum atomic E-state index is 14.3. The number of aromatic amines is 1. The van der Waals surface area contributed by atoms with Crippen molar-refractivity contribution in [1.82, 2.24) is 4.98 Å². The summed E-state index contributed by atoms with van der Waals surface area (Å²) in [7, 11) is 1.37. The van der Waals surface area contributed by atoms with Gasteiger partial charge in [-0.3, -0.25) is 4.79 Å². The van der Waals surface area contributed by atoms with E-state index < -0.39 is 42.4 Å². The minimum atomic E-state index is -1.07. The number of ether oxygens (including phenoxy) is 2. The molecule has 0 bridgehead atoms. The van der Waals surface area contributed by atoms with Crippen LogP contribution in [0, 0.1) is 19.7 Å². The summed E-state index contributed by atoms with van der Waals surface area (Å²) in [5.74, 6) is -0.677. The Balaban J connectivity index is 2.51. The van der Waals surface area contributed by atoms with Crippen LogP contribution in [0.2, 0.25) is 0 Å². The summed E-state index contributed by atoms with van der Waals surface area (Å²) >= 11 is 0. The minimum absolute atomic E-state index is 0.0500. The third-order valence-corrected chi connectivity index (χ3v) is 3.69. The molecule has 1 saturated heterocycles. The zero-order valence-electron chi connectivity index (χ0n) is 11.5. The fourth-order valence-electron chi connectivity index (χ4n) is 2.52. The molecular weight excluding hydrogens is 269 g/mol. The zero-order valence-corrected chi connectivity index (χ0v) is 11.5. The fraction of sp³-hybridized carbons (Fsp3) is 0.615. The maximum Gasteiger partial charge on any atom is 0.254 e. The van der Waals surface area contributed by atoms with Crippen LogP contribution in [-0.4, -0.2) is 47.2 Å². The second-order valence-corrected chi connectivity index (χ2v) is 4.90. The summed E-state index contributed by atoms with van der Waals surface area (Å²) in [4.78, 5) is 14.0. The summed E-state index contributed by atoms with van der Waals surface area (Å²) in [6, 6.07) is 0. The van der Waals surface area contributed by atoms with Crippen molar-refractivity contribution < 1.29 is 24.1 Å². The third kappa shape index (κ3) is 2.26. The topological polar surface area (TPSA) is 91.8 Å². The van der Waals surface area contributed by atoms with E-state index in [0.29, 0.717) is 5.69 Å². The molecular formula is C13H18FNO5. The zero-order chi connectivity index (χ0) is 15.0. The number of aromatic nitrogens is 1. The van der Waals surface area contributed by atoms with Crippen molar-refractivity contribution >= 4 is 0 Å². The van der Waals surface area contributed by atoms with E-state index in [1.165, 1.54) is 14.0 Å². The van der Waals surface area contributed by atoms with E-state index in [1.807, 2.05) is 0 Å². The van der Waals surface area contributed by atoms with E-state index in [0.717, 1.165) is 0 Å². The molecule has 1 fully saturated rings. The first kappa shape index (κ1) is 15.1. The van der Waals surface area contributed by atoms with Gasteiger partial charge in [0, 0.05) is 18.4 Å². The van der Waals surface area contributed by atoms with Crippen LogP contribution in [0.25, 0.3) is 0 Å². The number of aryl methyl sites for hydroxylation is 1. The van der Waals surface area contributed by atoms with Gasteiger partial charge in [-0.25, -0.2) is 4.39 Å². The fourth-order valence-corrected chi connectivity index (χ4v) is 2.52. The quantitative estimate of drug-likeness (QED) is 0.724. The Morgan fingerprint density at radius 1 is 1.45 bits per heavy atom. The van der Waals surface area contributed by atoms with Gasteiger partial charge in [0.05, 0.1) is 12.2 Å². The molecule has 20 heavy (non-hydrogen) atoms. The van der Waals surface area contributed by atoms with Crippen LogP contribution in [0.3, 0.4) is 0 Å². The minimum Gasteiger partial charge on any atom is -0.394 e. The summed E-state index contributed by atoms with van der Waals surface area (Å²) in [5.41, 5.74) is -0.0964. The predicted octanol–water partition coefficient (Wildman–Crippen LogP) is -0.0611. The van der Waals surface area contributed by atoms with E-state index in [-0.39, 0.29) is 11.1 Å². The highest BCUT2D eigenvalue weighted by molar-refractivity contribution is 5.30. The van der Waals surface area contributed by atoms with Gasteiger partial charge < -0.3 is 24.7 Å². The van der Waals surface area contributed by atoms with Crippen LogP contribution in [0.4, 0.5) is 4.39 Å². The monoisotopic (exact) mass is 287 g/mol. The molecule has 2 heterocycles. The summed E-state index contributed by atoms with van der Waals surface area (Å²) in [6.45, 7) is 2.52. The number of methoxy groups -OCH3 is 1. The number of nitrogens with one attached hydrogen (secondary N) is 1. The molecule has 1 aromatic heterocycles. The molecule has 1 aliphatic rings. The first-order valence-electron chi connectivity index (χ1n) is 6.28.